The second kappa shape index (κ2) is 8.60. The molecule has 4 rings (SSSR count). The van der Waals surface area contributed by atoms with Gasteiger partial charge in [0.05, 0.1) is 25.6 Å². The number of hydrogen-bond donors (Lipinski definition) is 2. The largest absolute Gasteiger partial charge is 0.465 e. The molecule has 0 spiro atoms. The number of methoxy groups -OCH3 is 1. The van der Waals surface area contributed by atoms with Crippen LogP contribution in [0.15, 0.2) is 66.9 Å². The van der Waals surface area contributed by atoms with E-state index in [2.05, 4.69) is 23.3 Å². The highest BCUT2D eigenvalue weighted by Gasteiger charge is 2.36. The maximum absolute atomic E-state index is 11.7. The number of aliphatic hydroxyl groups excluding tert-OH is 1. The molecule has 0 bridgehead atoms. The van der Waals surface area contributed by atoms with E-state index in [1.807, 2.05) is 47.0 Å². The molecule has 2 N–H and O–H groups in total. The number of ether oxygens (including phenoxy) is 1. The highest BCUT2D eigenvalue weighted by Crippen LogP contribution is 2.40. The van der Waals surface area contributed by atoms with Gasteiger partial charge in [0, 0.05) is 24.2 Å². The number of carbonyl (C=O) groups is 1. The van der Waals surface area contributed by atoms with Crippen LogP contribution in [0.2, 0.25) is 0 Å². The molecule has 2 heterocycles. The fraction of sp³-hybridized carbons (Fsp3) is 0.240. The second-order valence-corrected chi connectivity index (χ2v) is 7.76. The van der Waals surface area contributed by atoms with Gasteiger partial charge in [0.2, 0.25) is 5.69 Å². The third-order valence-electron chi connectivity index (χ3n) is 5.66. The summed E-state index contributed by atoms with van der Waals surface area (Å²) >= 11 is 0. The molecule has 0 radical (unpaired) electrons. The lowest BCUT2D eigenvalue weighted by Gasteiger charge is -2.29. The first-order valence-corrected chi connectivity index (χ1v) is 10.3. The number of rotatable bonds is 4. The van der Waals surface area contributed by atoms with Crippen LogP contribution >= 0.6 is 0 Å². The summed E-state index contributed by atoms with van der Waals surface area (Å²) in [5, 5.41) is 13.9. The maximum Gasteiger partial charge on any atom is 0.337 e. The molecule has 0 unspecified atom stereocenters. The molecule has 0 saturated heterocycles. The van der Waals surface area contributed by atoms with E-state index in [0.717, 1.165) is 34.6 Å². The number of esters is 1. The maximum atomic E-state index is 11.7. The fourth-order valence-corrected chi connectivity index (χ4v) is 4.22. The Bertz CT molecular complexity index is 1120. The van der Waals surface area contributed by atoms with Crippen LogP contribution in [-0.2, 0) is 4.74 Å². The van der Waals surface area contributed by atoms with Gasteiger partial charge in [-0.3, -0.25) is 0 Å². The number of pyridine rings is 1. The Morgan fingerprint density at radius 1 is 1.13 bits per heavy atom. The number of fused-ring (bicyclic) bond motifs is 1. The predicted octanol–water partition coefficient (Wildman–Crippen LogP) is 5.10. The molecule has 6 nitrogen and oxygen atoms in total. The highest BCUT2D eigenvalue weighted by atomic mass is 16.5. The Kier molecular flexibility index (Phi) is 5.71. The molecule has 3 aromatic rings. The van der Waals surface area contributed by atoms with Gasteiger partial charge in [-0.05, 0) is 54.4 Å². The number of nitrogens with one attached hydrogen (secondary N) is 1. The Labute approximate surface area is 181 Å². The lowest BCUT2D eigenvalue weighted by Crippen LogP contribution is -2.34. The van der Waals surface area contributed by atoms with Gasteiger partial charge in [-0.15, -0.1) is 0 Å². The van der Waals surface area contributed by atoms with Crippen LogP contribution < -0.4 is 5.32 Å². The average molecular weight is 417 g/mol. The third kappa shape index (κ3) is 4.14. The minimum atomic E-state index is -0.352. The van der Waals surface area contributed by atoms with Gasteiger partial charge in [-0.2, -0.15) is 4.58 Å². The SMILES string of the molecule is COC(=O)c1ccc(-c2ccc3c(c2)[C@H](Nc2ccccn2)C[C@H](C)[N+]3=C(C)O)cc1. The normalized spacial score (nSPS) is 19.3. The quantitative estimate of drug-likeness (QED) is 0.352. The molecular weight excluding hydrogens is 390 g/mol. The standard InChI is InChI=1S/C25H25N3O3/c1-16-14-22(27-24-6-4-5-13-26-24)21-15-20(11-12-23(21)28(16)17(2)29)18-7-9-19(10-8-18)25(30)31-3/h4-13,15-16,22H,14H2,1-3H3,(H,26,27)/p+1/t16-,22+/m0/s1. The molecule has 158 valence electrons. The summed E-state index contributed by atoms with van der Waals surface area (Å²) in [4.78, 5) is 16.1. The smallest absolute Gasteiger partial charge is 0.337 e. The molecule has 2 aromatic carbocycles. The Morgan fingerprint density at radius 2 is 1.87 bits per heavy atom. The number of aromatic nitrogens is 1. The van der Waals surface area contributed by atoms with Crippen LogP contribution in [-0.4, -0.2) is 39.7 Å². The first-order valence-electron chi connectivity index (χ1n) is 10.3. The van der Waals surface area contributed by atoms with Crippen LogP contribution in [0.1, 0.15) is 42.2 Å². The van der Waals surface area contributed by atoms with Crippen molar-refractivity contribution in [1.29, 1.82) is 0 Å². The zero-order chi connectivity index (χ0) is 22.0. The Hall–Kier alpha value is -3.67. The number of hydrogen-bond acceptors (Lipinski definition) is 4. The fourth-order valence-electron chi connectivity index (χ4n) is 4.22. The summed E-state index contributed by atoms with van der Waals surface area (Å²) < 4.78 is 6.75. The molecule has 2 atom stereocenters. The van der Waals surface area contributed by atoms with E-state index >= 15 is 0 Å². The van der Waals surface area contributed by atoms with Crippen LogP contribution in [0.3, 0.4) is 0 Å². The first kappa shape index (κ1) is 20.6. The van der Waals surface area contributed by atoms with E-state index in [-0.39, 0.29) is 24.0 Å². The number of carbonyl (C=O) groups excluding carboxylic acids is 1. The number of aliphatic hydroxyl groups is 1. The third-order valence-corrected chi connectivity index (χ3v) is 5.66. The average Bonchev–Trinajstić information content (AvgIpc) is 2.79. The van der Waals surface area contributed by atoms with Gasteiger partial charge in [0.25, 0.3) is 0 Å². The van der Waals surface area contributed by atoms with E-state index in [9.17, 15) is 9.90 Å². The summed E-state index contributed by atoms with van der Waals surface area (Å²) in [7, 11) is 1.38. The second-order valence-electron chi connectivity index (χ2n) is 7.76. The molecule has 0 fully saturated rings. The van der Waals surface area contributed by atoms with Crippen molar-refractivity contribution in [2.45, 2.75) is 32.4 Å². The molecular formula is C25H26N3O3+. The topological polar surface area (TPSA) is 74.5 Å². The van der Waals surface area contributed by atoms with Crippen molar-refractivity contribution < 1.29 is 19.2 Å². The zero-order valence-electron chi connectivity index (χ0n) is 17.9. The summed E-state index contributed by atoms with van der Waals surface area (Å²) in [6.45, 7) is 3.82. The number of benzene rings is 2. The molecule has 0 aliphatic carbocycles. The molecule has 0 amide bonds. The van der Waals surface area contributed by atoms with E-state index in [0.29, 0.717) is 5.56 Å². The minimum absolute atomic E-state index is 0.0461. The van der Waals surface area contributed by atoms with E-state index in [1.54, 1.807) is 25.3 Å². The van der Waals surface area contributed by atoms with Gasteiger partial charge in [-0.25, -0.2) is 9.78 Å². The Morgan fingerprint density at radius 3 is 2.52 bits per heavy atom. The van der Waals surface area contributed by atoms with Gasteiger partial charge >= 0.3 is 11.9 Å². The van der Waals surface area contributed by atoms with Crippen molar-refractivity contribution in [3.8, 4) is 11.1 Å². The van der Waals surface area contributed by atoms with E-state index in [4.69, 9.17) is 4.74 Å². The monoisotopic (exact) mass is 416 g/mol. The van der Waals surface area contributed by atoms with Crippen molar-refractivity contribution in [2.24, 2.45) is 0 Å². The Balaban J connectivity index is 1.76. The van der Waals surface area contributed by atoms with Gasteiger partial charge in [0.15, 0.2) is 6.04 Å². The number of nitrogens with zero attached hydrogens (tertiary/aromatic N) is 2. The summed E-state index contributed by atoms with van der Waals surface area (Å²) in [6.07, 6.45) is 2.58. The first-order chi connectivity index (χ1) is 15.0. The summed E-state index contributed by atoms with van der Waals surface area (Å²) in [5.74, 6) is 0.743. The molecule has 6 heteroatoms. The number of anilines is 1. The molecule has 1 aliphatic heterocycles. The summed E-state index contributed by atoms with van der Waals surface area (Å²) in [6, 6.07) is 19.6. The molecule has 0 saturated carbocycles. The van der Waals surface area contributed by atoms with Gasteiger partial charge < -0.3 is 15.2 Å². The van der Waals surface area contributed by atoms with Gasteiger partial charge in [0.1, 0.15) is 5.82 Å². The lowest BCUT2D eigenvalue weighted by atomic mass is 9.89. The van der Waals surface area contributed by atoms with Crippen LogP contribution in [0.25, 0.3) is 11.1 Å². The van der Waals surface area contributed by atoms with Crippen LogP contribution in [0, 0.1) is 0 Å². The zero-order valence-corrected chi connectivity index (χ0v) is 17.9. The van der Waals surface area contributed by atoms with Crippen molar-refractivity contribution in [3.05, 3.63) is 78.0 Å². The van der Waals surface area contributed by atoms with Crippen LogP contribution in [0.4, 0.5) is 11.5 Å². The summed E-state index contributed by atoms with van der Waals surface area (Å²) in [5.41, 5.74) is 4.62. The van der Waals surface area contributed by atoms with Crippen molar-refractivity contribution in [1.82, 2.24) is 4.98 Å². The van der Waals surface area contributed by atoms with Gasteiger partial charge in [-0.1, -0.05) is 18.2 Å². The predicted molar refractivity (Wildman–Crippen MR) is 121 cm³/mol. The molecule has 1 aliphatic rings. The van der Waals surface area contributed by atoms with Crippen molar-refractivity contribution in [3.63, 3.8) is 0 Å². The minimum Gasteiger partial charge on any atom is -0.465 e. The van der Waals surface area contributed by atoms with E-state index in [1.165, 1.54) is 7.11 Å². The highest BCUT2D eigenvalue weighted by molar-refractivity contribution is 5.90. The lowest BCUT2D eigenvalue weighted by molar-refractivity contribution is -0.496. The van der Waals surface area contributed by atoms with Crippen LogP contribution in [0.5, 0.6) is 0 Å². The molecule has 31 heavy (non-hydrogen) atoms. The molecule has 1 aromatic heterocycles. The van der Waals surface area contributed by atoms with E-state index < -0.39 is 0 Å². The van der Waals surface area contributed by atoms with Crippen molar-refractivity contribution in [2.75, 3.05) is 12.4 Å². The van der Waals surface area contributed by atoms with Crippen molar-refractivity contribution >= 4 is 23.4 Å².